The van der Waals surface area contributed by atoms with E-state index >= 15 is 0 Å². The Morgan fingerprint density at radius 2 is 2.00 bits per heavy atom. The topological polar surface area (TPSA) is 55.8 Å². The second-order valence-electron chi connectivity index (χ2n) is 4.07. The lowest BCUT2D eigenvalue weighted by molar-refractivity contribution is -0.144. The summed E-state index contributed by atoms with van der Waals surface area (Å²) in [4.78, 5) is 25.5. The maximum Gasteiger partial charge on any atom is 0.329 e. The lowest BCUT2D eigenvalue weighted by Gasteiger charge is -2.22. The van der Waals surface area contributed by atoms with Gasteiger partial charge in [0.05, 0.1) is 19.8 Å². The predicted molar refractivity (Wildman–Crippen MR) is 68.7 cm³/mol. The molecule has 0 N–H and O–H groups in total. The van der Waals surface area contributed by atoms with Crippen LogP contribution in [0.1, 0.15) is 16.8 Å². The van der Waals surface area contributed by atoms with Gasteiger partial charge in [0.25, 0.3) is 5.91 Å². The predicted octanol–water partition coefficient (Wildman–Crippen LogP) is 1.60. The normalized spacial score (nSPS) is 17.4. The summed E-state index contributed by atoms with van der Waals surface area (Å²) in [5.74, 6) is -0.216. The smallest absolute Gasteiger partial charge is 0.329 e. The fourth-order valence-corrected chi connectivity index (χ4v) is 2.04. The molecule has 1 heterocycles. The van der Waals surface area contributed by atoms with Crippen molar-refractivity contribution in [2.45, 2.75) is 12.5 Å². The van der Waals surface area contributed by atoms with E-state index in [4.69, 9.17) is 9.47 Å². The van der Waals surface area contributed by atoms with Crippen LogP contribution in [0.25, 0.3) is 0 Å². The van der Waals surface area contributed by atoms with Crippen molar-refractivity contribution in [1.29, 1.82) is 0 Å². The minimum atomic E-state index is -0.595. The van der Waals surface area contributed by atoms with E-state index in [1.165, 1.54) is 19.1 Å². The van der Waals surface area contributed by atoms with Gasteiger partial charge in [0.15, 0.2) is 0 Å². The van der Waals surface area contributed by atoms with Gasteiger partial charge in [-0.3, -0.25) is 4.79 Å². The summed E-state index contributed by atoms with van der Waals surface area (Å²) in [6, 6.07) is 6.32. The number of para-hydroxylation sites is 1. The van der Waals surface area contributed by atoms with Gasteiger partial charge < -0.3 is 14.4 Å². The zero-order chi connectivity index (χ0) is 13.8. The van der Waals surface area contributed by atoms with Crippen molar-refractivity contribution in [1.82, 2.24) is 4.90 Å². The first-order valence-electron chi connectivity index (χ1n) is 5.89. The number of esters is 1. The highest BCUT2D eigenvalue weighted by Crippen LogP contribution is 2.24. The number of rotatable bonds is 3. The quantitative estimate of drug-likeness (QED) is 0.775. The number of hydrogen-bond donors (Lipinski definition) is 0. The molecule has 1 aromatic rings. The molecular weight excluding hydrogens is 246 g/mol. The van der Waals surface area contributed by atoms with Crippen LogP contribution in [0.3, 0.4) is 0 Å². The summed E-state index contributed by atoms with van der Waals surface area (Å²) in [7, 11) is 2.82. The largest absolute Gasteiger partial charge is 0.496 e. The van der Waals surface area contributed by atoms with E-state index in [1.807, 2.05) is 0 Å². The van der Waals surface area contributed by atoms with E-state index in [9.17, 15) is 9.59 Å². The van der Waals surface area contributed by atoms with E-state index in [0.29, 0.717) is 17.7 Å². The Labute approximate surface area is 111 Å². The van der Waals surface area contributed by atoms with E-state index in [0.717, 1.165) is 0 Å². The number of amides is 1. The van der Waals surface area contributed by atoms with Crippen LogP contribution in [0.15, 0.2) is 36.5 Å². The molecule has 0 unspecified atom stereocenters. The van der Waals surface area contributed by atoms with Crippen LogP contribution >= 0.6 is 0 Å². The van der Waals surface area contributed by atoms with Crippen LogP contribution in [-0.2, 0) is 9.53 Å². The molecule has 0 bridgehead atoms. The van der Waals surface area contributed by atoms with Crippen molar-refractivity contribution < 1.29 is 19.1 Å². The molecule has 2 rings (SSSR count). The standard InChI is InChI=1S/C14H15NO4/c1-18-12-8-4-3-6-10(12)13(16)15-9-5-7-11(15)14(17)19-2/h3-6,8-9,11H,7H2,1-2H3/t11-/m0/s1. The van der Waals surface area contributed by atoms with Crippen LogP contribution in [0.5, 0.6) is 5.75 Å². The second kappa shape index (κ2) is 5.56. The number of hydrogen-bond acceptors (Lipinski definition) is 4. The first-order valence-corrected chi connectivity index (χ1v) is 5.89. The summed E-state index contributed by atoms with van der Waals surface area (Å²) in [6.07, 6.45) is 3.85. The molecule has 0 radical (unpaired) electrons. The van der Waals surface area contributed by atoms with Crippen molar-refractivity contribution in [2.75, 3.05) is 14.2 Å². The number of carbonyl (C=O) groups is 2. The van der Waals surface area contributed by atoms with Crippen molar-refractivity contribution >= 4 is 11.9 Å². The molecule has 1 aliphatic rings. The number of methoxy groups -OCH3 is 2. The van der Waals surface area contributed by atoms with Gasteiger partial charge in [-0.1, -0.05) is 18.2 Å². The SMILES string of the molecule is COC(=O)[C@@H]1CC=CN1C(=O)c1ccccc1OC. The molecule has 0 aliphatic carbocycles. The Morgan fingerprint density at radius 3 is 2.68 bits per heavy atom. The maximum absolute atomic E-state index is 12.4. The van der Waals surface area contributed by atoms with Crippen molar-refractivity contribution in [2.24, 2.45) is 0 Å². The molecule has 19 heavy (non-hydrogen) atoms. The summed E-state index contributed by atoms with van der Waals surface area (Å²) in [6.45, 7) is 0. The van der Waals surface area contributed by atoms with E-state index < -0.39 is 12.0 Å². The molecular formula is C14H15NO4. The number of benzene rings is 1. The average Bonchev–Trinajstić information content (AvgIpc) is 2.95. The lowest BCUT2D eigenvalue weighted by Crippen LogP contribution is -2.39. The molecule has 1 amide bonds. The molecule has 0 spiro atoms. The molecule has 1 aliphatic heterocycles. The minimum absolute atomic E-state index is 0.276. The van der Waals surface area contributed by atoms with Gasteiger partial charge in [0, 0.05) is 6.20 Å². The van der Waals surface area contributed by atoms with Crippen LogP contribution in [0, 0.1) is 0 Å². The molecule has 0 saturated heterocycles. The van der Waals surface area contributed by atoms with Crippen molar-refractivity contribution in [3.8, 4) is 5.75 Å². The third kappa shape index (κ3) is 2.45. The monoisotopic (exact) mass is 261 g/mol. The highest BCUT2D eigenvalue weighted by atomic mass is 16.5. The van der Waals surface area contributed by atoms with Gasteiger partial charge in [0.2, 0.25) is 0 Å². The van der Waals surface area contributed by atoms with Gasteiger partial charge in [-0.05, 0) is 18.6 Å². The van der Waals surface area contributed by atoms with Crippen LogP contribution in [0.2, 0.25) is 0 Å². The molecule has 100 valence electrons. The highest BCUT2D eigenvalue weighted by Gasteiger charge is 2.33. The Kier molecular flexibility index (Phi) is 3.85. The first-order chi connectivity index (χ1) is 9.19. The Balaban J connectivity index is 2.28. The van der Waals surface area contributed by atoms with E-state index in [2.05, 4.69) is 0 Å². The summed E-state index contributed by atoms with van der Waals surface area (Å²) < 4.78 is 9.86. The highest BCUT2D eigenvalue weighted by molar-refractivity contribution is 6.00. The van der Waals surface area contributed by atoms with Gasteiger partial charge in [-0.25, -0.2) is 4.79 Å². The summed E-state index contributed by atoms with van der Waals surface area (Å²) >= 11 is 0. The number of carbonyl (C=O) groups excluding carboxylic acids is 2. The third-order valence-electron chi connectivity index (χ3n) is 3.01. The Hall–Kier alpha value is -2.30. The van der Waals surface area contributed by atoms with Crippen molar-refractivity contribution in [3.05, 3.63) is 42.1 Å². The molecule has 5 heteroatoms. The zero-order valence-corrected chi connectivity index (χ0v) is 10.8. The summed E-state index contributed by atoms with van der Waals surface area (Å²) in [5, 5.41) is 0. The van der Waals surface area contributed by atoms with E-state index in [-0.39, 0.29) is 5.91 Å². The van der Waals surface area contributed by atoms with Gasteiger partial charge in [0.1, 0.15) is 11.8 Å². The van der Waals surface area contributed by atoms with Crippen LogP contribution in [0.4, 0.5) is 0 Å². The first kappa shape index (κ1) is 13.1. The number of nitrogens with zero attached hydrogens (tertiary/aromatic N) is 1. The Bertz CT molecular complexity index is 524. The van der Waals surface area contributed by atoms with Gasteiger partial charge in [-0.15, -0.1) is 0 Å². The molecule has 0 aromatic heterocycles. The lowest BCUT2D eigenvalue weighted by atomic mass is 10.1. The fourth-order valence-electron chi connectivity index (χ4n) is 2.04. The molecule has 0 saturated carbocycles. The van der Waals surface area contributed by atoms with Gasteiger partial charge >= 0.3 is 5.97 Å². The fraction of sp³-hybridized carbons (Fsp3) is 0.286. The van der Waals surface area contributed by atoms with Crippen molar-refractivity contribution in [3.63, 3.8) is 0 Å². The minimum Gasteiger partial charge on any atom is -0.496 e. The summed E-state index contributed by atoms with van der Waals surface area (Å²) in [5.41, 5.74) is 0.422. The second-order valence-corrected chi connectivity index (χ2v) is 4.07. The number of ether oxygens (including phenoxy) is 2. The van der Waals surface area contributed by atoms with Crippen LogP contribution < -0.4 is 4.74 Å². The average molecular weight is 261 g/mol. The van der Waals surface area contributed by atoms with Gasteiger partial charge in [-0.2, -0.15) is 0 Å². The Morgan fingerprint density at radius 1 is 1.26 bits per heavy atom. The molecule has 5 nitrogen and oxygen atoms in total. The molecule has 1 atom stereocenters. The third-order valence-corrected chi connectivity index (χ3v) is 3.01. The van der Waals surface area contributed by atoms with E-state index in [1.54, 1.807) is 36.5 Å². The zero-order valence-electron chi connectivity index (χ0n) is 10.8. The van der Waals surface area contributed by atoms with Crippen LogP contribution in [-0.4, -0.2) is 37.0 Å². The molecule has 0 fully saturated rings. The maximum atomic E-state index is 12.4. The molecule has 1 aromatic carbocycles.